The van der Waals surface area contributed by atoms with Crippen LogP contribution in [0.25, 0.3) is 16.6 Å². The Bertz CT molecular complexity index is 1060. The average Bonchev–Trinajstić information content (AvgIpc) is 3.13. The van der Waals surface area contributed by atoms with Crippen molar-refractivity contribution in [2.45, 2.75) is 27.3 Å². The van der Waals surface area contributed by atoms with E-state index in [0.29, 0.717) is 23.8 Å². The molecule has 132 valence electrons. The molecule has 3 aromatic rings. The standard InChI is InChI=1S/C21H22N4O/c1-4-24-16-8-6-5-7-15(16)23-21(24)19-18(26)12-25(20(19)22)17-11-13(2)9-10-14(17)3/h5-11,22,26H,4,12H2,1-3H3. The highest BCUT2D eigenvalue weighted by Crippen LogP contribution is 2.34. The van der Waals surface area contributed by atoms with E-state index in [4.69, 9.17) is 10.4 Å². The summed E-state index contributed by atoms with van der Waals surface area (Å²) in [5, 5.41) is 19.4. The summed E-state index contributed by atoms with van der Waals surface area (Å²) in [6.07, 6.45) is 0. The molecule has 1 aromatic heterocycles. The summed E-state index contributed by atoms with van der Waals surface area (Å²) in [6.45, 7) is 7.14. The van der Waals surface area contributed by atoms with E-state index in [1.807, 2.05) is 49.1 Å². The summed E-state index contributed by atoms with van der Waals surface area (Å²) in [5.74, 6) is 1.14. The zero-order valence-electron chi connectivity index (χ0n) is 15.2. The molecule has 0 amide bonds. The van der Waals surface area contributed by atoms with Crippen LogP contribution in [0.3, 0.4) is 0 Å². The highest BCUT2D eigenvalue weighted by atomic mass is 16.3. The molecule has 0 aliphatic carbocycles. The third kappa shape index (κ3) is 2.39. The normalized spacial score (nSPS) is 14.7. The van der Waals surface area contributed by atoms with Gasteiger partial charge in [-0.25, -0.2) is 4.98 Å². The van der Waals surface area contributed by atoms with Gasteiger partial charge in [-0.15, -0.1) is 0 Å². The van der Waals surface area contributed by atoms with E-state index in [1.165, 1.54) is 0 Å². The number of para-hydroxylation sites is 2. The second kappa shape index (κ2) is 6.02. The number of fused-ring (bicyclic) bond motifs is 1. The Morgan fingerprint density at radius 3 is 2.69 bits per heavy atom. The fourth-order valence-corrected chi connectivity index (χ4v) is 3.62. The van der Waals surface area contributed by atoms with Crippen LogP contribution in [0.1, 0.15) is 23.9 Å². The number of hydrogen-bond donors (Lipinski definition) is 2. The first-order chi connectivity index (χ1) is 12.5. The second-order valence-corrected chi connectivity index (χ2v) is 6.71. The molecule has 0 radical (unpaired) electrons. The van der Waals surface area contributed by atoms with E-state index in [1.54, 1.807) is 0 Å². The van der Waals surface area contributed by atoms with Gasteiger partial charge in [-0.2, -0.15) is 0 Å². The summed E-state index contributed by atoms with van der Waals surface area (Å²) in [4.78, 5) is 6.57. The van der Waals surface area contributed by atoms with E-state index in [9.17, 15) is 5.11 Å². The highest BCUT2D eigenvalue weighted by Gasteiger charge is 2.33. The van der Waals surface area contributed by atoms with Crippen molar-refractivity contribution in [1.29, 1.82) is 5.41 Å². The monoisotopic (exact) mass is 346 g/mol. The number of nitrogens with zero attached hydrogens (tertiary/aromatic N) is 3. The number of benzene rings is 2. The number of amidine groups is 1. The molecule has 0 saturated heterocycles. The molecule has 0 spiro atoms. The van der Waals surface area contributed by atoms with Crippen molar-refractivity contribution >= 4 is 28.1 Å². The van der Waals surface area contributed by atoms with Gasteiger partial charge in [0.2, 0.25) is 0 Å². The average molecular weight is 346 g/mol. The number of aromatic nitrogens is 2. The minimum Gasteiger partial charge on any atom is -0.509 e. The lowest BCUT2D eigenvalue weighted by molar-refractivity contribution is 0.411. The predicted molar refractivity (Wildman–Crippen MR) is 106 cm³/mol. The van der Waals surface area contributed by atoms with E-state index in [0.717, 1.165) is 34.4 Å². The molecular weight excluding hydrogens is 324 g/mol. The van der Waals surface area contributed by atoms with Crippen LogP contribution in [0.15, 0.2) is 48.2 Å². The number of aryl methyl sites for hydroxylation is 3. The van der Waals surface area contributed by atoms with E-state index in [-0.39, 0.29) is 5.76 Å². The van der Waals surface area contributed by atoms with Gasteiger partial charge < -0.3 is 14.6 Å². The summed E-state index contributed by atoms with van der Waals surface area (Å²) < 4.78 is 2.06. The smallest absolute Gasteiger partial charge is 0.148 e. The number of rotatable bonds is 3. The molecule has 5 nitrogen and oxygen atoms in total. The van der Waals surface area contributed by atoms with E-state index < -0.39 is 0 Å². The minimum absolute atomic E-state index is 0.195. The zero-order valence-corrected chi connectivity index (χ0v) is 15.2. The number of anilines is 1. The molecule has 0 fully saturated rings. The van der Waals surface area contributed by atoms with Gasteiger partial charge in [0.05, 0.1) is 23.2 Å². The molecule has 5 heteroatoms. The number of imidazole rings is 1. The molecule has 0 unspecified atom stereocenters. The molecule has 2 aromatic carbocycles. The Labute approximate surface area is 152 Å². The van der Waals surface area contributed by atoms with Crippen LogP contribution in [-0.4, -0.2) is 27.0 Å². The fraction of sp³-hybridized carbons (Fsp3) is 0.238. The van der Waals surface area contributed by atoms with Crippen LogP contribution < -0.4 is 4.90 Å². The number of hydrogen-bond acceptors (Lipinski definition) is 3. The van der Waals surface area contributed by atoms with Crippen LogP contribution in [0, 0.1) is 19.3 Å². The van der Waals surface area contributed by atoms with Gasteiger partial charge in [-0.05, 0) is 50.1 Å². The van der Waals surface area contributed by atoms with Crippen LogP contribution in [-0.2, 0) is 6.54 Å². The van der Waals surface area contributed by atoms with Crippen molar-refractivity contribution in [3.05, 3.63) is 65.2 Å². The lowest BCUT2D eigenvalue weighted by Gasteiger charge is -2.21. The van der Waals surface area contributed by atoms with Gasteiger partial charge in [0.25, 0.3) is 0 Å². The lowest BCUT2D eigenvalue weighted by atomic mass is 10.1. The van der Waals surface area contributed by atoms with Gasteiger partial charge >= 0.3 is 0 Å². The van der Waals surface area contributed by atoms with Crippen LogP contribution >= 0.6 is 0 Å². The summed E-state index contributed by atoms with van der Waals surface area (Å²) in [7, 11) is 0. The fourth-order valence-electron chi connectivity index (χ4n) is 3.62. The molecule has 1 aliphatic rings. The molecule has 0 atom stereocenters. The third-order valence-electron chi connectivity index (χ3n) is 4.95. The predicted octanol–water partition coefficient (Wildman–Crippen LogP) is 4.44. The van der Waals surface area contributed by atoms with Gasteiger partial charge in [-0.1, -0.05) is 24.3 Å². The Balaban J connectivity index is 1.82. The molecule has 1 aliphatic heterocycles. The van der Waals surface area contributed by atoms with Crippen LogP contribution in [0.2, 0.25) is 0 Å². The Hall–Kier alpha value is -3.08. The first kappa shape index (κ1) is 16.4. The molecule has 0 bridgehead atoms. The number of aliphatic hydroxyl groups is 1. The first-order valence-corrected chi connectivity index (χ1v) is 8.82. The Kier molecular flexibility index (Phi) is 3.80. The molecular formula is C21H22N4O. The van der Waals surface area contributed by atoms with Crippen molar-refractivity contribution in [2.75, 3.05) is 11.4 Å². The second-order valence-electron chi connectivity index (χ2n) is 6.71. The molecule has 2 N–H and O–H groups in total. The van der Waals surface area contributed by atoms with Crippen LogP contribution in [0.4, 0.5) is 5.69 Å². The van der Waals surface area contributed by atoms with Gasteiger partial charge in [-0.3, -0.25) is 5.41 Å². The lowest BCUT2D eigenvalue weighted by Crippen LogP contribution is -2.27. The molecule has 2 heterocycles. The topological polar surface area (TPSA) is 65.1 Å². The maximum Gasteiger partial charge on any atom is 0.148 e. The minimum atomic E-state index is 0.195. The van der Waals surface area contributed by atoms with Crippen LogP contribution in [0.5, 0.6) is 0 Å². The maximum atomic E-state index is 10.7. The third-order valence-corrected chi connectivity index (χ3v) is 4.95. The summed E-state index contributed by atoms with van der Waals surface area (Å²) in [6, 6.07) is 14.1. The highest BCUT2D eigenvalue weighted by molar-refractivity contribution is 6.30. The molecule has 26 heavy (non-hydrogen) atoms. The number of nitrogens with one attached hydrogen (secondary N) is 1. The zero-order chi connectivity index (χ0) is 18.4. The summed E-state index contributed by atoms with van der Waals surface area (Å²) >= 11 is 0. The van der Waals surface area contributed by atoms with Crippen molar-refractivity contribution in [1.82, 2.24) is 9.55 Å². The maximum absolute atomic E-state index is 10.7. The SMILES string of the molecule is CCn1c(C2=C(O)CN(c3cc(C)ccc3C)C2=N)nc2ccccc21. The Morgan fingerprint density at radius 2 is 1.92 bits per heavy atom. The quantitative estimate of drug-likeness (QED) is 0.737. The molecule has 4 rings (SSSR count). The first-order valence-electron chi connectivity index (χ1n) is 8.82. The van der Waals surface area contributed by atoms with Crippen molar-refractivity contribution in [3.8, 4) is 0 Å². The van der Waals surface area contributed by atoms with E-state index in [2.05, 4.69) is 23.6 Å². The van der Waals surface area contributed by atoms with Crippen molar-refractivity contribution in [3.63, 3.8) is 0 Å². The van der Waals surface area contributed by atoms with Gasteiger partial charge in [0, 0.05) is 12.2 Å². The number of aliphatic hydroxyl groups excluding tert-OH is 1. The molecule has 0 saturated carbocycles. The summed E-state index contributed by atoms with van der Waals surface area (Å²) in [5.41, 5.74) is 5.58. The largest absolute Gasteiger partial charge is 0.509 e. The van der Waals surface area contributed by atoms with Gasteiger partial charge in [0.1, 0.15) is 17.4 Å². The van der Waals surface area contributed by atoms with Crippen molar-refractivity contribution < 1.29 is 5.11 Å². The van der Waals surface area contributed by atoms with Crippen molar-refractivity contribution in [2.24, 2.45) is 0 Å². The van der Waals surface area contributed by atoms with E-state index >= 15 is 0 Å². The van der Waals surface area contributed by atoms with Gasteiger partial charge in [0.15, 0.2) is 0 Å². The Morgan fingerprint density at radius 1 is 1.15 bits per heavy atom.